The quantitative estimate of drug-likeness (QED) is 0.691. The molecule has 0 spiro atoms. The monoisotopic (exact) mass is 206 g/mol. The molecule has 0 fully saturated rings. The number of aryl methyl sites for hydroxylation is 1. The lowest BCUT2D eigenvalue weighted by atomic mass is 10.0. The van der Waals surface area contributed by atoms with E-state index < -0.39 is 0 Å². The van der Waals surface area contributed by atoms with Gasteiger partial charge in [-0.3, -0.25) is 4.79 Å². The fourth-order valence-electron chi connectivity index (χ4n) is 1.35. The molecule has 0 aliphatic rings. The highest BCUT2D eigenvalue weighted by Gasteiger charge is 2.03. The Morgan fingerprint density at radius 1 is 1.47 bits per heavy atom. The molecular weight excluding hydrogens is 191 g/mol. The van der Waals surface area contributed by atoms with E-state index in [0.717, 1.165) is 17.5 Å². The van der Waals surface area contributed by atoms with Crippen molar-refractivity contribution in [1.82, 2.24) is 0 Å². The number of ketones is 1. The summed E-state index contributed by atoms with van der Waals surface area (Å²) >= 11 is 0. The van der Waals surface area contributed by atoms with Gasteiger partial charge >= 0.3 is 0 Å². The molecule has 0 aliphatic carbocycles. The molecule has 0 atom stereocenters. The van der Waals surface area contributed by atoms with Crippen LogP contribution in [0.5, 0.6) is 0 Å². The highest BCUT2D eigenvalue weighted by atomic mass is 19.1. The number of hydrogen-bond acceptors (Lipinski definition) is 1. The van der Waals surface area contributed by atoms with E-state index in [4.69, 9.17) is 0 Å². The van der Waals surface area contributed by atoms with Crippen LogP contribution < -0.4 is 0 Å². The number of hydrogen-bond donors (Lipinski definition) is 0. The predicted molar refractivity (Wildman–Crippen MR) is 59.3 cm³/mol. The van der Waals surface area contributed by atoms with E-state index in [-0.39, 0.29) is 11.6 Å². The van der Waals surface area contributed by atoms with Crippen LogP contribution >= 0.6 is 0 Å². The number of rotatable bonds is 4. The normalized spacial score (nSPS) is 10.9. The van der Waals surface area contributed by atoms with Crippen LogP contribution in [0.2, 0.25) is 0 Å². The standard InChI is InChI=1S/C13H15FO/c1-3-4-5-13(15)9-11-6-7-12(14)8-10(11)2/h4-8H,3,9H2,1-2H3/b5-4+. The predicted octanol–water partition coefficient (Wildman–Crippen LogP) is 3.21. The summed E-state index contributed by atoms with van der Waals surface area (Å²) in [6.45, 7) is 3.79. The lowest BCUT2D eigenvalue weighted by Crippen LogP contribution is -2.00. The Kier molecular flexibility index (Phi) is 4.22. The molecular formula is C13H15FO. The molecule has 0 aromatic heterocycles. The van der Waals surface area contributed by atoms with Gasteiger partial charge in [0.2, 0.25) is 0 Å². The van der Waals surface area contributed by atoms with E-state index in [2.05, 4.69) is 0 Å². The number of halogens is 1. The molecule has 0 N–H and O–H groups in total. The third-order valence-corrected chi connectivity index (χ3v) is 2.21. The van der Waals surface area contributed by atoms with Gasteiger partial charge in [0.15, 0.2) is 5.78 Å². The van der Waals surface area contributed by atoms with Crippen molar-refractivity contribution in [2.45, 2.75) is 26.7 Å². The van der Waals surface area contributed by atoms with Crippen LogP contribution in [0.4, 0.5) is 4.39 Å². The zero-order valence-corrected chi connectivity index (χ0v) is 9.09. The largest absolute Gasteiger partial charge is 0.294 e. The van der Waals surface area contributed by atoms with Crippen LogP contribution in [0.1, 0.15) is 24.5 Å². The third kappa shape index (κ3) is 3.66. The Balaban J connectivity index is 2.72. The summed E-state index contributed by atoms with van der Waals surface area (Å²) in [6, 6.07) is 4.51. The number of carbonyl (C=O) groups is 1. The highest BCUT2D eigenvalue weighted by Crippen LogP contribution is 2.11. The summed E-state index contributed by atoms with van der Waals surface area (Å²) in [4.78, 5) is 11.4. The van der Waals surface area contributed by atoms with Crippen LogP contribution in [0.25, 0.3) is 0 Å². The zero-order chi connectivity index (χ0) is 11.3. The maximum Gasteiger partial charge on any atom is 0.159 e. The molecule has 1 aromatic carbocycles. The molecule has 1 nitrogen and oxygen atoms in total. The lowest BCUT2D eigenvalue weighted by molar-refractivity contribution is -0.114. The first-order valence-electron chi connectivity index (χ1n) is 5.08. The van der Waals surface area contributed by atoms with Crippen LogP contribution in [-0.2, 0) is 11.2 Å². The summed E-state index contributed by atoms with van der Waals surface area (Å²) in [5, 5.41) is 0. The van der Waals surface area contributed by atoms with E-state index >= 15 is 0 Å². The SMILES string of the molecule is CC/C=C/C(=O)Cc1ccc(F)cc1C. The van der Waals surface area contributed by atoms with E-state index in [1.54, 1.807) is 12.1 Å². The molecule has 0 heterocycles. The van der Waals surface area contributed by atoms with Crippen molar-refractivity contribution in [3.63, 3.8) is 0 Å². The molecule has 0 aliphatic heterocycles. The van der Waals surface area contributed by atoms with Crippen molar-refractivity contribution in [2.24, 2.45) is 0 Å². The molecule has 0 amide bonds. The molecule has 0 radical (unpaired) electrons. The van der Waals surface area contributed by atoms with Gasteiger partial charge in [0.1, 0.15) is 5.82 Å². The van der Waals surface area contributed by atoms with Gasteiger partial charge < -0.3 is 0 Å². The smallest absolute Gasteiger partial charge is 0.159 e. The van der Waals surface area contributed by atoms with E-state index in [9.17, 15) is 9.18 Å². The minimum atomic E-state index is -0.257. The maximum absolute atomic E-state index is 12.8. The second-order valence-electron chi connectivity index (χ2n) is 3.52. The van der Waals surface area contributed by atoms with Crippen molar-refractivity contribution >= 4 is 5.78 Å². The van der Waals surface area contributed by atoms with E-state index in [1.807, 2.05) is 19.9 Å². The average Bonchev–Trinajstić information content (AvgIpc) is 2.19. The molecule has 1 aromatic rings. The summed E-state index contributed by atoms with van der Waals surface area (Å²) < 4.78 is 12.8. The van der Waals surface area contributed by atoms with Crippen LogP contribution in [0, 0.1) is 12.7 Å². The Morgan fingerprint density at radius 2 is 2.20 bits per heavy atom. The topological polar surface area (TPSA) is 17.1 Å². The number of allylic oxidation sites excluding steroid dienone is 2. The number of benzene rings is 1. The van der Waals surface area contributed by atoms with Gasteiger partial charge in [-0.2, -0.15) is 0 Å². The fraction of sp³-hybridized carbons (Fsp3) is 0.308. The molecule has 1 rings (SSSR count). The van der Waals surface area contributed by atoms with Crippen molar-refractivity contribution in [3.05, 3.63) is 47.3 Å². The van der Waals surface area contributed by atoms with E-state index in [0.29, 0.717) is 6.42 Å². The summed E-state index contributed by atoms with van der Waals surface area (Å²) in [6.07, 6.45) is 4.63. The first-order valence-corrected chi connectivity index (χ1v) is 5.08. The number of carbonyl (C=O) groups excluding carboxylic acids is 1. The van der Waals surface area contributed by atoms with Crippen molar-refractivity contribution in [1.29, 1.82) is 0 Å². The Labute approximate surface area is 89.6 Å². The molecule has 0 saturated carbocycles. The van der Waals surface area contributed by atoms with Crippen molar-refractivity contribution in [2.75, 3.05) is 0 Å². The molecule has 0 saturated heterocycles. The molecule has 2 heteroatoms. The van der Waals surface area contributed by atoms with Gasteiger partial charge in [0.05, 0.1) is 0 Å². The average molecular weight is 206 g/mol. The molecule has 80 valence electrons. The van der Waals surface area contributed by atoms with E-state index in [1.165, 1.54) is 12.1 Å². The second kappa shape index (κ2) is 5.44. The minimum absolute atomic E-state index is 0.0616. The fourth-order valence-corrected chi connectivity index (χ4v) is 1.35. The highest BCUT2D eigenvalue weighted by molar-refractivity contribution is 5.91. The van der Waals surface area contributed by atoms with Crippen LogP contribution in [0.15, 0.2) is 30.4 Å². The lowest BCUT2D eigenvalue weighted by Gasteiger charge is -2.02. The van der Waals surface area contributed by atoms with Crippen LogP contribution in [0.3, 0.4) is 0 Å². The Morgan fingerprint density at radius 3 is 2.80 bits per heavy atom. The zero-order valence-electron chi connectivity index (χ0n) is 9.09. The van der Waals surface area contributed by atoms with Crippen LogP contribution in [-0.4, -0.2) is 5.78 Å². The van der Waals surface area contributed by atoms with Gasteiger partial charge in [-0.05, 0) is 42.7 Å². The summed E-state index contributed by atoms with van der Waals surface area (Å²) in [7, 11) is 0. The molecule has 0 unspecified atom stereocenters. The van der Waals surface area contributed by atoms with Gasteiger partial charge in [-0.15, -0.1) is 0 Å². The Hall–Kier alpha value is -1.44. The summed E-state index contributed by atoms with van der Waals surface area (Å²) in [5.41, 5.74) is 1.72. The van der Waals surface area contributed by atoms with Crippen molar-refractivity contribution in [3.8, 4) is 0 Å². The second-order valence-corrected chi connectivity index (χ2v) is 3.52. The molecule has 15 heavy (non-hydrogen) atoms. The van der Waals surface area contributed by atoms with Gasteiger partial charge in [0.25, 0.3) is 0 Å². The minimum Gasteiger partial charge on any atom is -0.294 e. The maximum atomic E-state index is 12.8. The van der Waals surface area contributed by atoms with Gasteiger partial charge in [0, 0.05) is 6.42 Å². The summed E-state index contributed by atoms with van der Waals surface area (Å²) in [5.74, 6) is -0.195. The van der Waals surface area contributed by atoms with Gasteiger partial charge in [-0.25, -0.2) is 4.39 Å². The third-order valence-electron chi connectivity index (χ3n) is 2.21. The molecule has 0 bridgehead atoms. The Bertz CT molecular complexity index is 380. The first kappa shape index (κ1) is 11.6. The van der Waals surface area contributed by atoms with Gasteiger partial charge in [-0.1, -0.05) is 19.1 Å². The first-order chi connectivity index (χ1) is 7.13. The van der Waals surface area contributed by atoms with Crippen molar-refractivity contribution < 1.29 is 9.18 Å².